The maximum absolute atomic E-state index is 12.4. The standard InChI is InChI=1S/C34H46O10SSi/c1-6-46(7-2,8-3)44-34-20-11-12-29(43-45(5,37)38)33(36,30-24-41-32(42-30)18-9-10-19-32)21-17-26(34)22-28(35)31(34)40-23-25-13-15-27(39-4)16-14-25/h13-16,22,28-31,35-36H,6-10,18-20,23-24H2,1-5H3/t28-,29+,30-,31+,33+,34-/m1/s1. The van der Waals surface area contributed by atoms with E-state index in [-0.39, 0.29) is 19.6 Å². The van der Waals surface area contributed by atoms with Crippen LogP contribution in [0.15, 0.2) is 35.9 Å². The molecule has 4 aliphatic rings. The normalized spacial score (nSPS) is 31.9. The number of hydrogen-bond donors (Lipinski definition) is 2. The van der Waals surface area contributed by atoms with Crippen LogP contribution in [0, 0.1) is 23.7 Å². The molecular formula is C34H46O10SSi. The van der Waals surface area contributed by atoms with Crippen molar-refractivity contribution >= 4 is 18.4 Å². The van der Waals surface area contributed by atoms with Gasteiger partial charge in [0.1, 0.15) is 29.7 Å². The van der Waals surface area contributed by atoms with E-state index >= 15 is 0 Å². The van der Waals surface area contributed by atoms with Crippen LogP contribution in [0.2, 0.25) is 18.1 Å². The average Bonchev–Trinajstić information content (AvgIpc) is 3.75. The molecule has 1 heterocycles. The van der Waals surface area contributed by atoms with Gasteiger partial charge in [0.2, 0.25) is 0 Å². The summed E-state index contributed by atoms with van der Waals surface area (Å²) in [4.78, 5) is 0. The fourth-order valence-electron chi connectivity index (χ4n) is 6.90. The first-order chi connectivity index (χ1) is 21.9. The van der Waals surface area contributed by atoms with Gasteiger partial charge in [-0.05, 0) is 54.7 Å². The van der Waals surface area contributed by atoms with E-state index in [9.17, 15) is 18.6 Å². The summed E-state index contributed by atoms with van der Waals surface area (Å²) in [5.41, 5.74) is -2.16. The summed E-state index contributed by atoms with van der Waals surface area (Å²) in [6, 6.07) is 9.91. The van der Waals surface area contributed by atoms with Crippen molar-refractivity contribution in [1.29, 1.82) is 0 Å². The van der Waals surface area contributed by atoms with Gasteiger partial charge in [-0.2, -0.15) is 8.42 Å². The third-order valence-corrected chi connectivity index (χ3v) is 15.1. The van der Waals surface area contributed by atoms with Crippen LogP contribution in [0.5, 0.6) is 5.75 Å². The molecule has 5 rings (SSSR count). The van der Waals surface area contributed by atoms with Crippen molar-refractivity contribution < 1.29 is 46.2 Å². The van der Waals surface area contributed by atoms with Gasteiger partial charge in [0.05, 0.1) is 26.6 Å². The minimum atomic E-state index is -4.07. The van der Waals surface area contributed by atoms with Crippen LogP contribution < -0.4 is 4.74 Å². The SMILES string of the molecule is CC[Si](CC)(CC)O[C@]12CC#C[C@H](OS(C)(=O)=O)[C@](O)([C@H]3COC4(CCCC4)O3)C#CC1=C[C@@H](O)[C@@H]2OCc1ccc(OC)cc1. The largest absolute Gasteiger partial charge is 0.497 e. The molecule has 6 atom stereocenters. The van der Waals surface area contributed by atoms with E-state index in [1.54, 1.807) is 13.2 Å². The first kappa shape index (κ1) is 35.1. The molecule has 0 aromatic heterocycles. The first-order valence-corrected chi connectivity index (χ1v) is 20.5. The van der Waals surface area contributed by atoms with Crippen LogP contribution in [-0.2, 0) is 39.5 Å². The molecule has 0 unspecified atom stereocenters. The molecule has 2 fully saturated rings. The molecule has 0 amide bonds. The molecule has 1 aliphatic heterocycles. The summed E-state index contributed by atoms with van der Waals surface area (Å²) in [5.74, 6) is 11.9. The van der Waals surface area contributed by atoms with Crippen LogP contribution in [0.3, 0.4) is 0 Å². The van der Waals surface area contributed by atoms with Crippen molar-refractivity contribution in [2.24, 2.45) is 0 Å². The monoisotopic (exact) mass is 674 g/mol. The third-order valence-electron chi connectivity index (χ3n) is 9.85. The molecule has 3 aliphatic carbocycles. The molecular weight excluding hydrogens is 629 g/mol. The second kappa shape index (κ2) is 13.7. The predicted molar refractivity (Wildman–Crippen MR) is 174 cm³/mol. The Labute approximate surface area is 274 Å². The lowest BCUT2D eigenvalue weighted by Crippen LogP contribution is -2.55. The molecule has 0 radical (unpaired) electrons. The average molecular weight is 675 g/mol. The van der Waals surface area contributed by atoms with Crippen molar-refractivity contribution in [1.82, 2.24) is 0 Å². The highest BCUT2D eigenvalue weighted by molar-refractivity contribution is 7.86. The number of hydrogen-bond acceptors (Lipinski definition) is 10. The van der Waals surface area contributed by atoms with Gasteiger partial charge in [-0.15, -0.1) is 0 Å². The van der Waals surface area contributed by atoms with Crippen molar-refractivity contribution in [2.45, 2.75) is 119 Å². The van der Waals surface area contributed by atoms with E-state index in [0.29, 0.717) is 24.2 Å². The van der Waals surface area contributed by atoms with Crippen molar-refractivity contribution in [3.8, 4) is 29.4 Å². The Hall–Kier alpha value is -2.23. The number of fused-ring (bicyclic) bond motifs is 1. The van der Waals surface area contributed by atoms with E-state index < -0.39 is 59.8 Å². The Morgan fingerprint density at radius 3 is 2.37 bits per heavy atom. The number of benzene rings is 1. The Morgan fingerprint density at radius 1 is 1.09 bits per heavy atom. The minimum Gasteiger partial charge on any atom is -0.497 e. The highest BCUT2D eigenvalue weighted by atomic mass is 32.2. The maximum atomic E-state index is 12.4. The molecule has 252 valence electrons. The van der Waals surface area contributed by atoms with Crippen LogP contribution >= 0.6 is 0 Å². The molecule has 12 heteroatoms. The van der Waals surface area contributed by atoms with Gasteiger partial charge >= 0.3 is 0 Å². The lowest BCUT2D eigenvalue weighted by molar-refractivity contribution is -0.186. The number of aliphatic hydroxyl groups is 2. The van der Waals surface area contributed by atoms with Gasteiger partial charge in [0, 0.05) is 24.8 Å². The van der Waals surface area contributed by atoms with Gasteiger partial charge in [-0.25, -0.2) is 4.18 Å². The van der Waals surface area contributed by atoms with Gasteiger partial charge in [-0.3, -0.25) is 0 Å². The zero-order valence-electron chi connectivity index (χ0n) is 27.3. The molecule has 1 aromatic rings. The van der Waals surface area contributed by atoms with E-state index in [1.165, 1.54) is 0 Å². The molecule has 1 aromatic carbocycles. The van der Waals surface area contributed by atoms with E-state index in [4.69, 9.17) is 27.6 Å². The van der Waals surface area contributed by atoms with Gasteiger partial charge in [-0.1, -0.05) is 56.6 Å². The zero-order valence-corrected chi connectivity index (χ0v) is 29.2. The molecule has 46 heavy (non-hydrogen) atoms. The summed E-state index contributed by atoms with van der Waals surface area (Å²) in [6.07, 6.45) is 1.15. The van der Waals surface area contributed by atoms with Crippen LogP contribution in [0.1, 0.15) is 58.4 Å². The van der Waals surface area contributed by atoms with Crippen molar-refractivity contribution in [3.05, 3.63) is 41.5 Å². The highest BCUT2D eigenvalue weighted by Gasteiger charge is 2.58. The molecule has 1 saturated heterocycles. The summed E-state index contributed by atoms with van der Waals surface area (Å²) in [6.45, 7) is 6.49. The molecule has 1 saturated carbocycles. The summed E-state index contributed by atoms with van der Waals surface area (Å²) < 4.78 is 61.6. The van der Waals surface area contributed by atoms with Crippen LogP contribution in [0.4, 0.5) is 0 Å². The molecule has 1 spiro atoms. The zero-order chi connectivity index (χ0) is 33.2. The van der Waals surface area contributed by atoms with E-state index in [2.05, 4.69) is 44.5 Å². The molecule has 0 bridgehead atoms. The number of ether oxygens (including phenoxy) is 4. The smallest absolute Gasteiger partial charge is 0.265 e. The van der Waals surface area contributed by atoms with Gasteiger partial charge < -0.3 is 33.6 Å². The second-order valence-electron chi connectivity index (χ2n) is 12.7. The van der Waals surface area contributed by atoms with Crippen LogP contribution in [-0.4, -0.2) is 88.3 Å². The van der Waals surface area contributed by atoms with Crippen molar-refractivity contribution in [2.75, 3.05) is 20.0 Å². The number of methoxy groups -OCH3 is 1. The van der Waals surface area contributed by atoms with Gasteiger partial charge in [0.25, 0.3) is 10.1 Å². The Balaban J connectivity index is 1.58. The van der Waals surface area contributed by atoms with Crippen LogP contribution in [0.25, 0.3) is 0 Å². The predicted octanol–water partition coefficient (Wildman–Crippen LogP) is 3.81. The summed E-state index contributed by atoms with van der Waals surface area (Å²) in [7, 11) is -4.87. The lowest BCUT2D eigenvalue weighted by Gasteiger charge is -2.44. The Morgan fingerprint density at radius 2 is 1.76 bits per heavy atom. The Kier molecular flexibility index (Phi) is 10.5. The Bertz CT molecular complexity index is 1500. The topological polar surface area (TPSA) is 130 Å². The number of aliphatic hydroxyl groups excluding tert-OH is 1. The lowest BCUT2D eigenvalue weighted by atomic mass is 9.89. The summed E-state index contributed by atoms with van der Waals surface area (Å²) in [5, 5.41) is 23.7. The van der Waals surface area contributed by atoms with Crippen molar-refractivity contribution in [3.63, 3.8) is 0 Å². The summed E-state index contributed by atoms with van der Waals surface area (Å²) >= 11 is 0. The second-order valence-corrected chi connectivity index (χ2v) is 19.0. The maximum Gasteiger partial charge on any atom is 0.265 e. The quantitative estimate of drug-likeness (QED) is 0.192. The fourth-order valence-corrected chi connectivity index (χ4v) is 10.5. The molecule has 2 N–H and O–H groups in total. The van der Waals surface area contributed by atoms with E-state index in [1.807, 2.05) is 24.3 Å². The van der Waals surface area contributed by atoms with Gasteiger partial charge in [0.15, 0.2) is 25.8 Å². The number of rotatable bonds is 12. The highest BCUT2D eigenvalue weighted by Crippen LogP contribution is 2.46. The fraction of sp³-hybridized carbons (Fsp3) is 0.647. The van der Waals surface area contributed by atoms with E-state index in [0.717, 1.165) is 42.8 Å². The minimum absolute atomic E-state index is 0.00900. The molecule has 10 nitrogen and oxygen atoms in total. The third kappa shape index (κ3) is 6.97. The first-order valence-electron chi connectivity index (χ1n) is 16.1.